The monoisotopic (exact) mass is 313 g/mol. The third kappa shape index (κ3) is 3.22. The highest BCUT2D eigenvalue weighted by Crippen LogP contribution is 2.35. The number of carbonyl (C=O) groups excluding carboxylic acids is 1. The van der Waals surface area contributed by atoms with E-state index in [1.54, 1.807) is 0 Å². The maximum atomic E-state index is 11.5. The molecule has 6 N–H and O–H groups in total. The van der Waals surface area contributed by atoms with Crippen molar-refractivity contribution >= 4 is 28.9 Å². The van der Waals surface area contributed by atoms with Crippen molar-refractivity contribution < 1.29 is 35.6 Å². The fraction of sp³-hybridized carbons (Fsp3) is 0.333. The van der Waals surface area contributed by atoms with Crippen LogP contribution in [0.1, 0.15) is 24.0 Å². The van der Waals surface area contributed by atoms with Gasteiger partial charge in [-0.05, 0) is 18.4 Å². The number of fused-ring (bicyclic) bond motifs is 1. The van der Waals surface area contributed by atoms with E-state index >= 15 is 0 Å². The zero-order valence-electron chi connectivity index (χ0n) is 11.4. The number of carbonyl (C=O) groups is 2. The van der Waals surface area contributed by atoms with Crippen molar-refractivity contribution in [3.05, 3.63) is 27.6 Å². The molecule has 10 heteroatoms. The third-order valence-corrected chi connectivity index (χ3v) is 3.44. The molecule has 120 valence electrons. The minimum Gasteiger partial charge on any atom is -0.595 e. The van der Waals surface area contributed by atoms with Gasteiger partial charge in [0.2, 0.25) is 5.91 Å². The number of rotatable bonds is 5. The topological polar surface area (TPSA) is 162 Å². The molecule has 1 heterocycles. The molecular weight excluding hydrogens is 298 g/mol. The van der Waals surface area contributed by atoms with Gasteiger partial charge in [0.25, 0.3) is 0 Å². The van der Waals surface area contributed by atoms with E-state index in [-0.39, 0.29) is 47.8 Å². The van der Waals surface area contributed by atoms with Crippen LogP contribution in [0.25, 0.3) is 0 Å². The lowest BCUT2D eigenvalue weighted by Gasteiger charge is -2.27. The maximum Gasteiger partial charge on any atom is 0.303 e. The Labute approximate surface area is 124 Å². The molecule has 22 heavy (non-hydrogen) atoms. The molecule has 0 saturated heterocycles. The van der Waals surface area contributed by atoms with Gasteiger partial charge in [0.15, 0.2) is 11.4 Å². The molecule has 2 rings (SSSR count). The van der Waals surface area contributed by atoms with Gasteiger partial charge >= 0.3 is 5.97 Å². The number of anilines is 1. The number of carboxylic acids is 1. The minimum absolute atomic E-state index is 0.0640. The van der Waals surface area contributed by atoms with Gasteiger partial charge in [-0.15, -0.1) is 0 Å². The molecule has 2 atom stereocenters. The molecule has 0 aliphatic carbocycles. The number of benzene rings is 1. The van der Waals surface area contributed by atoms with Gasteiger partial charge in [0, 0.05) is 18.9 Å². The number of aryl methyl sites for hydroxylation is 1. The zero-order chi connectivity index (χ0) is 16.4. The first-order valence-corrected chi connectivity index (χ1v) is 6.48. The lowest BCUT2D eigenvalue weighted by atomic mass is 9.95. The molecule has 0 spiro atoms. The highest BCUT2D eigenvalue weighted by atomic mass is 16.8. The van der Waals surface area contributed by atoms with E-state index in [0.717, 1.165) is 0 Å². The maximum absolute atomic E-state index is 11.5. The molecule has 2 unspecified atom stereocenters. The molecule has 0 bridgehead atoms. The van der Waals surface area contributed by atoms with Crippen LogP contribution in [0.15, 0.2) is 6.07 Å². The third-order valence-electron chi connectivity index (χ3n) is 3.44. The first kappa shape index (κ1) is 16.3. The number of quaternary nitrogens is 2. The van der Waals surface area contributed by atoms with Crippen LogP contribution >= 0.6 is 0 Å². The van der Waals surface area contributed by atoms with Gasteiger partial charge in [-0.1, -0.05) is 0 Å². The zero-order valence-corrected chi connectivity index (χ0v) is 11.4. The summed E-state index contributed by atoms with van der Waals surface area (Å²) in [6.07, 6.45) is -0.282. The summed E-state index contributed by atoms with van der Waals surface area (Å²) >= 11 is 0. The summed E-state index contributed by atoms with van der Waals surface area (Å²) in [4.78, 5) is 22.2. The summed E-state index contributed by atoms with van der Waals surface area (Å²) in [6.45, 7) is 0. The summed E-state index contributed by atoms with van der Waals surface area (Å²) in [7, 11) is 0. The van der Waals surface area contributed by atoms with E-state index in [0.29, 0.717) is 5.56 Å². The van der Waals surface area contributed by atoms with Gasteiger partial charge in [0.05, 0.1) is 5.56 Å². The first-order valence-electron chi connectivity index (χ1n) is 6.48. The van der Waals surface area contributed by atoms with Crippen molar-refractivity contribution in [3.8, 4) is 0 Å². The van der Waals surface area contributed by atoms with Gasteiger partial charge in [-0.25, -0.2) is 10.4 Å². The first-order chi connectivity index (χ1) is 10.3. The second-order valence-corrected chi connectivity index (χ2v) is 4.86. The largest absolute Gasteiger partial charge is 0.595 e. The second kappa shape index (κ2) is 6.36. The predicted octanol–water partition coefficient (Wildman–Crippen LogP) is -1.60. The summed E-state index contributed by atoms with van der Waals surface area (Å²) < 4.78 is 0. The van der Waals surface area contributed by atoms with Crippen LogP contribution in [0.5, 0.6) is 0 Å². The molecule has 0 saturated carbocycles. The van der Waals surface area contributed by atoms with E-state index < -0.39 is 22.8 Å². The van der Waals surface area contributed by atoms with Crippen LogP contribution in [0.4, 0.5) is 17.1 Å². The SMILES string of the molecule is O=C(O)CCc1c([NH+]([O-])O)cc2c(c1[NH+]([O-])O)NC(=O)CC2. The lowest BCUT2D eigenvalue weighted by molar-refractivity contribution is -0.996. The average molecular weight is 313 g/mol. The fourth-order valence-electron chi connectivity index (χ4n) is 2.49. The molecule has 1 aromatic carbocycles. The lowest BCUT2D eigenvalue weighted by Crippen LogP contribution is -3.01. The number of carboxylic acid groups (broad SMARTS) is 1. The van der Waals surface area contributed by atoms with Crippen molar-refractivity contribution in [2.24, 2.45) is 0 Å². The van der Waals surface area contributed by atoms with Crippen LogP contribution in [0.3, 0.4) is 0 Å². The molecular formula is C12H15N3O7. The molecule has 1 aliphatic heterocycles. The van der Waals surface area contributed by atoms with Crippen LogP contribution in [0, 0.1) is 10.4 Å². The van der Waals surface area contributed by atoms with Crippen LogP contribution in [-0.2, 0) is 22.4 Å². The van der Waals surface area contributed by atoms with E-state index in [9.17, 15) is 30.4 Å². The Balaban J connectivity index is 2.63. The highest BCUT2D eigenvalue weighted by molar-refractivity contribution is 5.97. The van der Waals surface area contributed by atoms with Crippen molar-refractivity contribution in [1.82, 2.24) is 0 Å². The smallest absolute Gasteiger partial charge is 0.303 e. The van der Waals surface area contributed by atoms with Gasteiger partial charge in [-0.2, -0.15) is 10.5 Å². The normalized spacial score (nSPS) is 16.6. The summed E-state index contributed by atoms with van der Waals surface area (Å²) in [5.41, 5.74) is -0.191. The molecule has 0 aromatic heterocycles. The Kier molecular flexibility index (Phi) is 4.71. The van der Waals surface area contributed by atoms with Gasteiger partial charge in [0.1, 0.15) is 5.69 Å². The van der Waals surface area contributed by atoms with E-state index in [1.165, 1.54) is 6.07 Å². The Hall–Kier alpha value is -2.08. The number of hydrogen-bond acceptors (Lipinski definition) is 6. The van der Waals surface area contributed by atoms with Crippen molar-refractivity contribution in [2.75, 3.05) is 5.32 Å². The fourth-order valence-corrected chi connectivity index (χ4v) is 2.49. The van der Waals surface area contributed by atoms with E-state index in [4.69, 9.17) is 5.11 Å². The van der Waals surface area contributed by atoms with Crippen LogP contribution < -0.4 is 15.8 Å². The summed E-state index contributed by atoms with van der Waals surface area (Å²) in [6, 6.07) is 1.31. The summed E-state index contributed by atoms with van der Waals surface area (Å²) in [5, 5.41) is 50.0. The Bertz CT molecular complexity index is 615. The molecule has 1 aliphatic rings. The predicted molar refractivity (Wildman–Crippen MR) is 70.9 cm³/mol. The molecule has 1 aromatic rings. The van der Waals surface area contributed by atoms with E-state index in [1.807, 2.05) is 0 Å². The van der Waals surface area contributed by atoms with E-state index in [2.05, 4.69) is 5.32 Å². The Morgan fingerprint density at radius 3 is 2.50 bits per heavy atom. The molecule has 1 amide bonds. The quantitative estimate of drug-likeness (QED) is 0.356. The number of hydrogen-bond donors (Lipinski definition) is 6. The number of aliphatic carboxylic acids is 1. The Morgan fingerprint density at radius 2 is 1.95 bits per heavy atom. The number of amides is 1. The standard InChI is InChI=1S/C12H15N3O7/c16-9-3-1-6-5-8(14(19)20)7(2-4-10(17)18)12(15(21)22)11(6)13-9/h5,14-15,19,21H,1-4H2,(H,13,16)(H,17,18). The number of nitrogens with one attached hydrogen (secondary N) is 3. The second-order valence-electron chi connectivity index (χ2n) is 4.86. The average Bonchev–Trinajstić information content (AvgIpc) is 2.42. The highest BCUT2D eigenvalue weighted by Gasteiger charge is 2.30. The molecule has 0 radical (unpaired) electrons. The minimum atomic E-state index is -1.40. The Morgan fingerprint density at radius 1 is 1.27 bits per heavy atom. The molecule has 10 nitrogen and oxygen atoms in total. The molecule has 0 fully saturated rings. The van der Waals surface area contributed by atoms with Crippen molar-refractivity contribution in [2.45, 2.75) is 25.7 Å². The van der Waals surface area contributed by atoms with Crippen molar-refractivity contribution in [3.63, 3.8) is 0 Å². The van der Waals surface area contributed by atoms with Crippen molar-refractivity contribution in [1.29, 1.82) is 0 Å². The summed E-state index contributed by atoms with van der Waals surface area (Å²) in [5.74, 6) is -1.53. The van der Waals surface area contributed by atoms with Crippen LogP contribution in [-0.4, -0.2) is 27.4 Å². The van der Waals surface area contributed by atoms with Gasteiger partial charge in [-0.3, -0.25) is 9.59 Å². The van der Waals surface area contributed by atoms with Gasteiger partial charge < -0.3 is 20.8 Å². The van der Waals surface area contributed by atoms with Crippen LogP contribution in [0.2, 0.25) is 0 Å².